The average Bonchev–Trinajstić information content (AvgIpc) is 2.79. The number of nitrogens with zero attached hydrogens (tertiary/aromatic N) is 3. The van der Waals surface area contributed by atoms with E-state index in [1.54, 1.807) is 0 Å². The van der Waals surface area contributed by atoms with Crippen LogP contribution in [0.2, 0.25) is 0 Å². The highest BCUT2D eigenvalue weighted by molar-refractivity contribution is 5.57. The number of nitrogens with two attached hydrogens (primary N) is 1. The van der Waals surface area contributed by atoms with Gasteiger partial charge in [-0.3, -0.25) is 4.68 Å². The summed E-state index contributed by atoms with van der Waals surface area (Å²) in [6, 6.07) is 8.60. The summed E-state index contributed by atoms with van der Waals surface area (Å²) in [7, 11) is 1.95. The lowest BCUT2D eigenvalue weighted by molar-refractivity contribution is 0.590. The molecule has 0 radical (unpaired) electrons. The van der Waals surface area contributed by atoms with Gasteiger partial charge >= 0.3 is 0 Å². The third kappa shape index (κ3) is 1.99. The fourth-order valence-electron chi connectivity index (χ4n) is 2.60. The van der Waals surface area contributed by atoms with Gasteiger partial charge in [-0.05, 0) is 18.1 Å². The Morgan fingerprint density at radius 2 is 2.22 bits per heavy atom. The summed E-state index contributed by atoms with van der Waals surface area (Å²) in [4.78, 5) is 2.38. The monoisotopic (exact) mass is 242 g/mol. The number of fused-ring (bicyclic) bond motifs is 1. The highest BCUT2D eigenvalue weighted by Crippen LogP contribution is 2.32. The number of benzene rings is 1. The number of aromatic nitrogens is 2. The summed E-state index contributed by atoms with van der Waals surface area (Å²) >= 11 is 0. The molecular formula is C14H18N4. The van der Waals surface area contributed by atoms with E-state index in [4.69, 9.17) is 5.73 Å². The summed E-state index contributed by atoms with van der Waals surface area (Å²) in [5.74, 6) is 0. The van der Waals surface area contributed by atoms with Gasteiger partial charge in [-0.1, -0.05) is 18.2 Å². The van der Waals surface area contributed by atoms with Crippen molar-refractivity contribution >= 4 is 5.69 Å². The normalized spacial score (nSPS) is 18.8. The lowest BCUT2D eigenvalue weighted by Gasteiger charge is -2.34. The van der Waals surface area contributed by atoms with E-state index >= 15 is 0 Å². The molecule has 0 saturated heterocycles. The van der Waals surface area contributed by atoms with Crippen molar-refractivity contribution in [3.8, 4) is 0 Å². The Bertz CT molecular complexity index is 546. The molecule has 1 aromatic heterocycles. The second-order valence-corrected chi connectivity index (χ2v) is 4.90. The second kappa shape index (κ2) is 4.46. The summed E-state index contributed by atoms with van der Waals surface area (Å²) in [5.41, 5.74) is 9.92. The zero-order valence-electron chi connectivity index (χ0n) is 10.6. The van der Waals surface area contributed by atoms with Gasteiger partial charge < -0.3 is 10.6 Å². The summed E-state index contributed by atoms with van der Waals surface area (Å²) in [5, 5.41) is 4.22. The van der Waals surface area contributed by atoms with Crippen LogP contribution in [-0.2, 0) is 13.6 Å². The third-order valence-corrected chi connectivity index (χ3v) is 3.52. The lowest BCUT2D eigenvalue weighted by Crippen LogP contribution is -2.33. The molecule has 1 unspecified atom stereocenters. The molecule has 1 aromatic carbocycles. The smallest absolute Gasteiger partial charge is 0.0539 e. The molecule has 4 heteroatoms. The van der Waals surface area contributed by atoms with Gasteiger partial charge in [-0.25, -0.2) is 0 Å². The first-order valence-corrected chi connectivity index (χ1v) is 6.31. The topological polar surface area (TPSA) is 47.1 Å². The minimum absolute atomic E-state index is 0.173. The molecule has 0 bridgehead atoms. The molecule has 3 rings (SSSR count). The van der Waals surface area contributed by atoms with Gasteiger partial charge in [0.1, 0.15) is 0 Å². The average molecular weight is 242 g/mol. The summed E-state index contributed by atoms with van der Waals surface area (Å²) in [6.45, 7) is 1.91. The minimum Gasteiger partial charge on any atom is -0.367 e. The first-order chi connectivity index (χ1) is 8.74. The van der Waals surface area contributed by atoms with Crippen LogP contribution in [0, 0.1) is 0 Å². The van der Waals surface area contributed by atoms with E-state index in [0.717, 1.165) is 19.5 Å². The number of anilines is 1. The van der Waals surface area contributed by atoms with Gasteiger partial charge in [-0.2, -0.15) is 5.10 Å². The van der Waals surface area contributed by atoms with E-state index in [1.807, 2.05) is 17.9 Å². The van der Waals surface area contributed by atoms with Gasteiger partial charge in [0.2, 0.25) is 0 Å². The molecule has 2 aromatic rings. The van der Waals surface area contributed by atoms with Gasteiger partial charge in [-0.15, -0.1) is 0 Å². The van der Waals surface area contributed by atoms with Gasteiger partial charge in [0.15, 0.2) is 0 Å². The van der Waals surface area contributed by atoms with E-state index in [2.05, 4.69) is 40.5 Å². The fraction of sp³-hybridized carbons (Fsp3) is 0.357. The van der Waals surface area contributed by atoms with Gasteiger partial charge in [0, 0.05) is 43.6 Å². The number of hydrogen-bond acceptors (Lipinski definition) is 3. The highest BCUT2D eigenvalue weighted by Gasteiger charge is 2.22. The SMILES string of the molecule is Cn1cc(CN2CCC(N)c3ccccc32)cn1. The maximum atomic E-state index is 6.16. The molecule has 0 saturated carbocycles. The lowest BCUT2D eigenvalue weighted by atomic mass is 9.97. The Labute approximate surface area is 107 Å². The number of aryl methyl sites for hydroxylation is 1. The van der Waals surface area contributed by atoms with Crippen LogP contribution in [0.3, 0.4) is 0 Å². The molecule has 0 fully saturated rings. The maximum absolute atomic E-state index is 6.16. The zero-order chi connectivity index (χ0) is 12.5. The van der Waals surface area contributed by atoms with Crippen molar-refractivity contribution in [2.75, 3.05) is 11.4 Å². The molecule has 94 valence electrons. The van der Waals surface area contributed by atoms with E-state index < -0.39 is 0 Å². The standard InChI is InChI=1S/C14H18N4/c1-17-9-11(8-16-17)10-18-7-6-13(15)12-4-2-3-5-14(12)18/h2-5,8-9,13H,6-7,10,15H2,1H3. The van der Waals surface area contributed by atoms with Crippen LogP contribution in [0.4, 0.5) is 5.69 Å². The number of hydrogen-bond donors (Lipinski definition) is 1. The maximum Gasteiger partial charge on any atom is 0.0539 e. The van der Waals surface area contributed by atoms with Crippen LogP contribution < -0.4 is 10.6 Å². The van der Waals surface area contributed by atoms with Crippen molar-refractivity contribution in [1.82, 2.24) is 9.78 Å². The predicted octanol–water partition coefficient (Wildman–Crippen LogP) is 1.83. The zero-order valence-corrected chi connectivity index (χ0v) is 10.6. The molecule has 0 spiro atoms. The van der Waals surface area contributed by atoms with Gasteiger partial charge in [0.25, 0.3) is 0 Å². The Morgan fingerprint density at radius 3 is 3.00 bits per heavy atom. The quantitative estimate of drug-likeness (QED) is 0.874. The largest absolute Gasteiger partial charge is 0.367 e. The summed E-state index contributed by atoms with van der Waals surface area (Å²) < 4.78 is 1.84. The van der Waals surface area contributed by atoms with Crippen LogP contribution in [0.5, 0.6) is 0 Å². The Hall–Kier alpha value is -1.81. The van der Waals surface area contributed by atoms with E-state index in [0.29, 0.717) is 0 Å². The third-order valence-electron chi connectivity index (χ3n) is 3.52. The molecule has 2 N–H and O–H groups in total. The first kappa shape index (κ1) is 11.3. The number of rotatable bonds is 2. The van der Waals surface area contributed by atoms with Crippen LogP contribution >= 0.6 is 0 Å². The van der Waals surface area contributed by atoms with E-state index in [9.17, 15) is 0 Å². The van der Waals surface area contributed by atoms with Crippen molar-refractivity contribution < 1.29 is 0 Å². The van der Waals surface area contributed by atoms with Crippen molar-refractivity contribution in [2.45, 2.75) is 19.0 Å². The highest BCUT2D eigenvalue weighted by atomic mass is 15.2. The predicted molar refractivity (Wildman–Crippen MR) is 72.2 cm³/mol. The molecule has 18 heavy (non-hydrogen) atoms. The molecule has 0 amide bonds. The van der Waals surface area contributed by atoms with Crippen molar-refractivity contribution in [2.24, 2.45) is 12.8 Å². The Morgan fingerprint density at radius 1 is 1.39 bits per heavy atom. The van der Waals surface area contributed by atoms with Crippen LogP contribution in [0.1, 0.15) is 23.6 Å². The molecule has 1 aliphatic rings. The Kier molecular flexibility index (Phi) is 2.80. The van der Waals surface area contributed by atoms with Crippen molar-refractivity contribution in [1.29, 1.82) is 0 Å². The second-order valence-electron chi connectivity index (χ2n) is 4.90. The van der Waals surface area contributed by atoms with Crippen molar-refractivity contribution in [3.05, 3.63) is 47.8 Å². The van der Waals surface area contributed by atoms with Crippen molar-refractivity contribution in [3.63, 3.8) is 0 Å². The molecule has 1 atom stereocenters. The fourth-order valence-corrected chi connectivity index (χ4v) is 2.60. The molecule has 1 aliphatic heterocycles. The molecule has 0 aliphatic carbocycles. The van der Waals surface area contributed by atoms with Crippen LogP contribution in [0.25, 0.3) is 0 Å². The van der Waals surface area contributed by atoms with E-state index in [-0.39, 0.29) is 6.04 Å². The summed E-state index contributed by atoms with van der Waals surface area (Å²) in [6.07, 6.45) is 5.01. The first-order valence-electron chi connectivity index (χ1n) is 6.31. The van der Waals surface area contributed by atoms with Gasteiger partial charge in [0.05, 0.1) is 6.20 Å². The van der Waals surface area contributed by atoms with E-state index in [1.165, 1.54) is 16.8 Å². The van der Waals surface area contributed by atoms with Crippen LogP contribution in [0.15, 0.2) is 36.7 Å². The molecule has 2 heterocycles. The molecule has 4 nitrogen and oxygen atoms in total. The molecular weight excluding hydrogens is 224 g/mol. The van der Waals surface area contributed by atoms with Crippen LogP contribution in [-0.4, -0.2) is 16.3 Å². The Balaban J connectivity index is 1.88. The minimum atomic E-state index is 0.173. The number of para-hydroxylation sites is 1.